The van der Waals surface area contributed by atoms with E-state index in [1.807, 2.05) is 30.3 Å². The quantitative estimate of drug-likeness (QED) is 0.439. The van der Waals surface area contributed by atoms with Crippen LogP contribution in [0.2, 0.25) is 0 Å². The molecule has 1 aromatic carbocycles. The van der Waals surface area contributed by atoms with Crippen molar-refractivity contribution in [3.63, 3.8) is 0 Å². The Morgan fingerprint density at radius 2 is 1.35 bits per heavy atom. The molecule has 1 aliphatic heterocycles. The maximum absolute atomic E-state index is 11.9. The minimum absolute atomic E-state index is 0.0777. The van der Waals surface area contributed by atoms with Crippen LogP contribution in [0.3, 0.4) is 0 Å². The van der Waals surface area contributed by atoms with Crippen molar-refractivity contribution in [2.24, 2.45) is 0 Å². The highest BCUT2D eigenvalue weighted by Gasteiger charge is 2.47. The predicted molar refractivity (Wildman–Crippen MR) is 111 cm³/mol. The highest BCUT2D eigenvalue weighted by molar-refractivity contribution is 5.76. The van der Waals surface area contributed by atoms with Crippen molar-refractivity contribution in [2.75, 3.05) is 6.54 Å². The molecule has 170 valence electrons. The molecule has 10 nitrogen and oxygen atoms in total. The van der Waals surface area contributed by atoms with Gasteiger partial charge in [0.1, 0.15) is 12.1 Å². The van der Waals surface area contributed by atoms with Crippen LogP contribution in [0.15, 0.2) is 30.3 Å². The van der Waals surface area contributed by atoms with E-state index in [0.29, 0.717) is 0 Å². The fourth-order valence-corrected chi connectivity index (χ4v) is 3.50. The van der Waals surface area contributed by atoms with Gasteiger partial charge in [-0.2, -0.15) is 0 Å². The Bertz CT molecular complexity index is 787. The van der Waals surface area contributed by atoms with Crippen molar-refractivity contribution < 1.29 is 28.7 Å². The van der Waals surface area contributed by atoms with Gasteiger partial charge in [0.05, 0.1) is 18.7 Å². The molecule has 0 unspecified atom stereocenters. The lowest BCUT2D eigenvalue weighted by molar-refractivity contribution is -0.226. The molecule has 0 aliphatic carbocycles. The molecule has 2 rings (SSSR count). The van der Waals surface area contributed by atoms with Crippen molar-refractivity contribution in [3.8, 4) is 0 Å². The highest BCUT2D eigenvalue weighted by atomic mass is 16.7. The van der Waals surface area contributed by atoms with E-state index in [-0.39, 0.29) is 36.8 Å². The van der Waals surface area contributed by atoms with Gasteiger partial charge in [0.2, 0.25) is 23.6 Å². The number of hydrogen-bond acceptors (Lipinski definition) is 6. The molecule has 5 atom stereocenters. The van der Waals surface area contributed by atoms with E-state index in [9.17, 15) is 19.2 Å². The predicted octanol–water partition coefficient (Wildman–Crippen LogP) is -0.422. The first-order valence-corrected chi connectivity index (χ1v) is 10.0. The van der Waals surface area contributed by atoms with Gasteiger partial charge in [0, 0.05) is 34.2 Å². The SMILES string of the molecule is CC(=O)NC[C@H]1O[C@H](OCc2ccccc2)[C@@H](NC(C)=O)[C@H](NC(C)=O)[C@@H]1NC(C)=O. The first kappa shape index (κ1) is 24.3. The molecule has 1 saturated heterocycles. The summed E-state index contributed by atoms with van der Waals surface area (Å²) in [5, 5.41) is 11.0. The summed E-state index contributed by atoms with van der Waals surface area (Å²) in [6, 6.07) is 7.16. The third-order valence-electron chi connectivity index (χ3n) is 4.70. The summed E-state index contributed by atoms with van der Waals surface area (Å²) < 4.78 is 12.1. The maximum Gasteiger partial charge on any atom is 0.217 e. The zero-order chi connectivity index (χ0) is 23.0. The van der Waals surface area contributed by atoms with Crippen molar-refractivity contribution >= 4 is 23.6 Å². The molecule has 0 bridgehead atoms. The van der Waals surface area contributed by atoms with Crippen LogP contribution in [0.4, 0.5) is 0 Å². The summed E-state index contributed by atoms with van der Waals surface area (Å²) in [7, 11) is 0. The van der Waals surface area contributed by atoms with Gasteiger partial charge in [-0.1, -0.05) is 30.3 Å². The van der Waals surface area contributed by atoms with E-state index in [0.717, 1.165) is 5.56 Å². The Morgan fingerprint density at radius 3 is 1.90 bits per heavy atom. The molecule has 0 saturated carbocycles. The lowest BCUT2D eigenvalue weighted by Gasteiger charge is -2.47. The Balaban J connectivity index is 2.35. The average molecular weight is 434 g/mol. The Hall–Kier alpha value is -2.98. The number of carbonyl (C=O) groups excluding carboxylic acids is 4. The molecule has 0 radical (unpaired) electrons. The van der Waals surface area contributed by atoms with Crippen LogP contribution in [0.5, 0.6) is 0 Å². The van der Waals surface area contributed by atoms with Crippen molar-refractivity contribution in [2.45, 2.75) is 64.8 Å². The number of rotatable bonds is 8. The standard InChI is InChI=1S/C21H30N4O6/c1-12(26)22-10-17-18(23-13(2)27)19(24-14(3)28)20(25-15(4)29)21(31-17)30-11-16-8-6-5-7-9-16/h5-9,17-21H,10-11H2,1-4H3,(H,22,26)(H,23,27)(H,24,28)(H,25,29)/t17-,18-,19-,20+,21+/m1/s1. The van der Waals surface area contributed by atoms with Crippen LogP contribution in [0.25, 0.3) is 0 Å². The monoisotopic (exact) mass is 434 g/mol. The Labute approximate surface area is 181 Å². The summed E-state index contributed by atoms with van der Waals surface area (Å²) in [4.78, 5) is 47.2. The van der Waals surface area contributed by atoms with Gasteiger partial charge in [0.15, 0.2) is 6.29 Å². The normalized spacial score (nSPS) is 25.2. The third kappa shape index (κ3) is 7.65. The van der Waals surface area contributed by atoms with E-state index in [2.05, 4.69) is 21.3 Å². The summed E-state index contributed by atoms with van der Waals surface area (Å²) in [5.41, 5.74) is 0.895. The second-order valence-electron chi connectivity index (χ2n) is 7.46. The molecule has 1 fully saturated rings. The zero-order valence-corrected chi connectivity index (χ0v) is 18.1. The van der Waals surface area contributed by atoms with E-state index in [4.69, 9.17) is 9.47 Å². The van der Waals surface area contributed by atoms with Crippen LogP contribution in [0, 0.1) is 0 Å². The maximum atomic E-state index is 11.9. The van der Waals surface area contributed by atoms with E-state index in [1.54, 1.807) is 0 Å². The van der Waals surface area contributed by atoms with E-state index >= 15 is 0 Å². The first-order chi connectivity index (χ1) is 14.7. The number of hydrogen-bond donors (Lipinski definition) is 4. The van der Waals surface area contributed by atoms with Crippen LogP contribution in [-0.4, -0.2) is 60.7 Å². The molecular weight excluding hydrogens is 404 g/mol. The van der Waals surface area contributed by atoms with E-state index < -0.39 is 30.5 Å². The van der Waals surface area contributed by atoms with E-state index in [1.165, 1.54) is 27.7 Å². The molecular formula is C21H30N4O6. The number of nitrogens with one attached hydrogen (secondary N) is 4. The van der Waals surface area contributed by atoms with Crippen molar-refractivity contribution in [3.05, 3.63) is 35.9 Å². The molecule has 10 heteroatoms. The molecule has 1 heterocycles. The fourth-order valence-electron chi connectivity index (χ4n) is 3.50. The lowest BCUT2D eigenvalue weighted by Crippen LogP contribution is -2.73. The molecule has 4 N–H and O–H groups in total. The smallest absolute Gasteiger partial charge is 0.217 e. The van der Waals surface area contributed by atoms with Crippen LogP contribution in [-0.2, 0) is 35.3 Å². The minimum atomic E-state index is -0.940. The van der Waals surface area contributed by atoms with Crippen LogP contribution in [0.1, 0.15) is 33.3 Å². The van der Waals surface area contributed by atoms with Gasteiger partial charge in [-0.3, -0.25) is 19.2 Å². The number of carbonyl (C=O) groups is 4. The lowest BCUT2D eigenvalue weighted by atomic mass is 9.90. The van der Waals surface area contributed by atoms with Crippen LogP contribution < -0.4 is 21.3 Å². The summed E-state index contributed by atoms with van der Waals surface area (Å²) in [6.07, 6.45) is -1.65. The second kappa shape index (κ2) is 11.4. The average Bonchev–Trinajstić information content (AvgIpc) is 2.68. The topological polar surface area (TPSA) is 135 Å². The molecule has 0 spiro atoms. The minimum Gasteiger partial charge on any atom is -0.354 e. The summed E-state index contributed by atoms with van der Waals surface area (Å²) in [5.74, 6) is -1.31. The van der Waals surface area contributed by atoms with Crippen molar-refractivity contribution in [1.29, 1.82) is 0 Å². The third-order valence-corrected chi connectivity index (χ3v) is 4.70. The Kier molecular flexibility index (Phi) is 8.95. The van der Waals surface area contributed by atoms with Gasteiger partial charge < -0.3 is 30.7 Å². The summed E-state index contributed by atoms with van der Waals surface area (Å²) in [6.45, 7) is 5.67. The molecule has 1 aromatic rings. The molecule has 4 amide bonds. The molecule has 31 heavy (non-hydrogen) atoms. The molecule has 0 aromatic heterocycles. The number of ether oxygens (including phenoxy) is 2. The fraction of sp³-hybridized carbons (Fsp3) is 0.524. The summed E-state index contributed by atoms with van der Waals surface area (Å²) >= 11 is 0. The van der Waals surface area contributed by atoms with Gasteiger partial charge in [-0.15, -0.1) is 0 Å². The largest absolute Gasteiger partial charge is 0.354 e. The van der Waals surface area contributed by atoms with Gasteiger partial charge in [0.25, 0.3) is 0 Å². The number of benzene rings is 1. The zero-order valence-electron chi connectivity index (χ0n) is 18.1. The Morgan fingerprint density at radius 1 is 0.806 bits per heavy atom. The molecule has 1 aliphatic rings. The highest BCUT2D eigenvalue weighted by Crippen LogP contribution is 2.24. The number of amides is 4. The van der Waals surface area contributed by atoms with Gasteiger partial charge >= 0.3 is 0 Å². The second-order valence-corrected chi connectivity index (χ2v) is 7.46. The van der Waals surface area contributed by atoms with Gasteiger partial charge in [-0.05, 0) is 5.56 Å². The first-order valence-electron chi connectivity index (χ1n) is 10.0. The van der Waals surface area contributed by atoms with Gasteiger partial charge in [-0.25, -0.2) is 0 Å². The van der Waals surface area contributed by atoms with Crippen LogP contribution >= 0.6 is 0 Å². The van der Waals surface area contributed by atoms with Crippen molar-refractivity contribution in [1.82, 2.24) is 21.3 Å².